The molecule has 33 heavy (non-hydrogen) atoms. The van der Waals surface area contributed by atoms with E-state index >= 15 is 0 Å². The highest BCUT2D eigenvalue weighted by Gasteiger charge is 2.18. The molecule has 3 aromatic rings. The van der Waals surface area contributed by atoms with Crippen molar-refractivity contribution in [3.05, 3.63) is 54.3 Å². The third kappa shape index (κ3) is 6.95. The summed E-state index contributed by atoms with van der Waals surface area (Å²) in [7, 11) is 0. The highest BCUT2D eigenvalue weighted by molar-refractivity contribution is 7.99. The molecule has 176 valence electrons. The molecular formula is C25H33N5O2S. The van der Waals surface area contributed by atoms with Crippen LogP contribution < -0.4 is 5.32 Å². The minimum atomic E-state index is 0.0283. The summed E-state index contributed by atoms with van der Waals surface area (Å²) in [5.41, 5.74) is 1.14. The van der Waals surface area contributed by atoms with Gasteiger partial charge in [-0.15, -0.1) is 10.2 Å². The summed E-state index contributed by atoms with van der Waals surface area (Å²) in [4.78, 5) is 15.0. The molecule has 1 aromatic carbocycles. The number of rotatable bonds is 11. The van der Waals surface area contributed by atoms with Crippen LogP contribution in [0.4, 0.5) is 0 Å². The van der Waals surface area contributed by atoms with Crippen LogP contribution in [0.3, 0.4) is 0 Å². The molecule has 1 amide bonds. The predicted molar refractivity (Wildman–Crippen MR) is 131 cm³/mol. The molecule has 2 aromatic heterocycles. The average molecular weight is 468 g/mol. The number of carbonyl (C=O) groups excluding carboxylic acids is 1. The van der Waals surface area contributed by atoms with E-state index in [-0.39, 0.29) is 5.91 Å². The van der Waals surface area contributed by atoms with Crippen molar-refractivity contribution in [3.63, 3.8) is 0 Å². The van der Waals surface area contributed by atoms with Gasteiger partial charge in [-0.25, -0.2) is 0 Å². The third-order valence-corrected chi connectivity index (χ3v) is 7.04. The van der Waals surface area contributed by atoms with E-state index in [1.54, 1.807) is 6.26 Å². The smallest absolute Gasteiger partial charge is 0.230 e. The number of benzene rings is 1. The van der Waals surface area contributed by atoms with Gasteiger partial charge < -0.3 is 14.6 Å². The summed E-state index contributed by atoms with van der Waals surface area (Å²) in [6.07, 6.45) is 6.38. The molecule has 3 heterocycles. The van der Waals surface area contributed by atoms with Crippen LogP contribution in [0.25, 0.3) is 11.6 Å². The Morgan fingerprint density at radius 1 is 1.12 bits per heavy atom. The van der Waals surface area contributed by atoms with E-state index in [0.717, 1.165) is 37.4 Å². The van der Waals surface area contributed by atoms with Gasteiger partial charge in [0, 0.05) is 6.54 Å². The van der Waals surface area contributed by atoms with Crippen molar-refractivity contribution >= 4 is 17.7 Å². The molecule has 0 unspecified atom stereocenters. The van der Waals surface area contributed by atoms with Gasteiger partial charge in [0.05, 0.1) is 18.6 Å². The van der Waals surface area contributed by atoms with Crippen molar-refractivity contribution in [2.45, 2.75) is 44.3 Å². The van der Waals surface area contributed by atoms with E-state index in [9.17, 15) is 4.79 Å². The van der Waals surface area contributed by atoms with Gasteiger partial charge in [-0.1, -0.05) is 49.0 Å². The van der Waals surface area contributed by atoms with Gasteiger partial charge in [0.15, 0.2) is 10.9 Å². The maximum absolute atomic E-state index is 12.4. The largest absolute Gasteiger partial charge is 0.461 e. The summed E-state index contributed by atoms with van der Waals surface area (Å²) in [5, 5.41) is 12.4. The molecule has 1 fully saturated rings. The number of thioether (sulfide) groups is 1. The zero-order valence-electron chi connectivity index (χ0n) is 19.3. The van der Waals surface area contributed by atoms with Crippen LogP contribution in [0.15, 0.2) is 58.3 Å². The molecule has 1 aliphatic rings. The number of nitrogens with one attached hydrogen (secondary N) is 1. The van der Waals surface area contributed by atoms with Gasteiger partial charge in [0.1, 0.15) is 0 Å². The highest BCUT2D eigenvalue weighted by Crippen LogP contribution is 2.25. The van der Waals surface area contributed by atoms with E-state index in [1.165, 1.54) is 37.7 Å². The standard InChI is InChI=1S/C25H33N5O2S/c1-20-11-15-29(16-12-20)14-6-5-13-26-23(31)19-33-25-28-27-24(22-10-7-17-32-22)30(25)18-21-8-3-2-4-9-21/h2-4,7-10,17,20H,5-6,11-16,18-19H2,1H3,(H,26,31). The van der Waals surface area contributed by atoms with Gasteiger partial charge in [-0.2, -0.15) is 0 Å². The van der Waals surface area contributed by atoms with Crippen molar-refractivity contribution in [2.75, 3.05) is 31.9 Å². The Morgan fingerprint density at radius 2 is 1.94 bits per heavy atom. The van der Waals surface area contributed by atoms with Crippen molar-refractivity contribution in [1.29, 1.82) is 0 Å². The van der Waals surface area contributed by atoms with Gasteiger partial charge in [-0.3, -0.25) is 9.36 Å². The minimum Gasteiger partial charge on any atom is -0.461 e. The van der Waals surface area contributed by atoms with Crippen LogP contribution in [0.2, 0.25) is 0 Å². The number of unbranched alkanes of at least 4 members (excludes halogenated alkanes) is 1. The summed E-state index contributed by atoms with van der Waals surface area (Å²) in [6, 6.07) is 13.9. The maximum Gasteiger partial charge on any atom is 0.230 e. The summed E-state index contributed by atoms with van der Waals surface area (Å²) in [5.74, 6) is 2.54. The second kappa shape index (κ2) is 12.0. The lowest BCUT2D eigenvalue weighted by Gasteiger charge is -2.30. The summed E-state index contributed by atoms with van der Waals surface area (Å²) in [6.45, 7) is 7.24. The summed E-state index contributed by atoms with van der Waals surface area (Å²) < 4.78 is 7.55. The summed E-state index contributed by atoms with van der Waals surface area (Å²) >= 11 is 1.41. The van der Waals surface area contributed by atoms with Crippen LogP contribution >= 0.6 is 11.8 Å². The first kappa shape index (κ1) is 23.6. The van der Waals surface area contributed by atoms with Crippen molar-refractivity contribution in [2.24, 2.45) is 5.92 Å². The van der Waals surface area contributed by atoms with Crippen LogP contribution in [-0.4, -0.2) is 57.5 Å². The fourth-order valence-electron chi connectivity index (χ4n) is 4.05. The monoisotopic (exact) mass is 467 g/mol. The van der Waals surface area contributed by atoms with Crippen molar-refractivity contribution < 1.29 is 9.21 Å². The van der Waals surface area contributed by atoms with Crippen molar-refractivity contribution in [1.82, 2.24) is 25.0 Å². The average Bonchev–Trinajstić information content (AvgIpc) is 3.49. The highest BCUT2D eigenvalue weighted by atomic mass is 32.2. The Bertz CT molecular complexity index is 982. The maximum atomic E-state index is 12.4. The lowest BCUT2D eigenvalue weighted by Crippen LogP contribution is -2.34. The van der Waals surface area contributed by atoms with E-state index in [1.807, 2.05) is 34.9 Å². The number of carbonyl (C=O) groups is 1. The molecule has 1 aliphatic heterocycles. The first-order valence-electron chi connectivity index (χ1n) is 11.8. The van der Waals surface area contributed by atoms with Crippen LogP contribution in [0.1, 0.15) is 38.2 Å². The number of piperidine rings is 1. The number of furan rings is 1. The molecule has 0 radical (unpaired) electrons. The molecule has 0 aliphatic carbocycles. The van der Waals surface area contributed by atoms with Crippen LogP contribution in [0.5, 0.6) is 0 Å². The van der Waals surface area contributed by atoms with E-state index in [4.69, 9.17) is 4.42 Å². The zero-order chi connectivity index (χ0) is 22.9. The normalized spacial score (nSPS) is 15.1. The van der Waals surface area contributed by atoms with E-state index < -0.39 is 0 Å². The fourth-order valence-corrected chi connectivity index (χ4v) is 4.81. The van der Waals surface area contributed by atoms with Crippen molar-refractivity contribution in [3.8, 4) is 11.6 Å². The molecule has 1 saturated heterocycles. The number of hydrogen-bond donors (Lipinski definition) is 1. The molecule has 0 spiro atoms. The molecule has 0 saturated carbocycles. The molecule has 1 N–H and O–H groups in total. The second-order valence-corrected chi connectivity index (χ2v) is 9.67. The van der Waals surface area contributed by atoms with Gasteiger partial charge >= 0.3 is 0 Å². The third-order valence-electron chi connectivity index (χ3n) is 6.07. The molecular weight excluding hydrogens is 434 g/mol. The molecule has 0 atom stereocenters. The number of hydrogen-bond acceptors (Lipinski definition) is 6. The Hall–Kier alpha value is -2.58. The lowest BCUT2D eigenvalue weighted by molar-refractivity contribution is -0.118. The second-order valence-electron chi connectivity index (χ2n) is 8.73. The first-order valence-corrected chi connectivity index (χ1v) is 12.8. The SMILES string of the molecule is CC1CCN(CCCCNC(=O)CSc2nnc(-c3ccco3)n2Cc2ccccc2)CC1. The van der Waals surface area contributed by atoms with E-state index in [2.05, 4.69) is 39.5 Å². The van der Waals surface area contributed by atoms with Gasteiger partial charge in [-0.05, 0) is 68.9 Å². The number of aromatic nitrogens is 3. The Balaban J connectivity index is 1.25. The van der Waals surface area contributed by atoms with Crippen LogP contribution in [0, 0.1) is 5.92 Å². The Labute approximate surface area is 199 Å². The van der Waals surface area contributed by atoms with Gasteiger partial charge in [0.2, 0.25) is 11.7 Å². The quantitative estimate of drug-likeness (QED) is 0.335. The minimum absolute atomic E-state index is 0.0283. The topological polar surface area (TPSA) is 76.2 Å². The number of amides is 1. The van der Waals surface area contributed by atoms with Crippen LogP contribution in [-0.2, 0) is 11.3 Å². The molecule has 0 bridgehead atoms. The van der Waals surface area contributed by atoms with Gasteiger partial charge in [0.25, 0.3) is 0 Å². The fraction of sp³-hybridized carbons (Fsp3) is 0.480. The Kier molecular flexibility index (Phi) is 8.60. The predicted octanol–water partition coefficient (Wildman–Crippen LogP) is 4.31. The number of nitrogens with zero attached hydrogens (tertiary/aromatic N) is 4. The molecule has 7 nitrogen and oxygen atoms in total. The lowest BCUT2D eigenvalue weighted by atomic mass is 9.99. The first-order chi connectivity index (χ1) is 16.2. The zero-order valence-corrected chi connectivity index (χ0v) is 20.1. The molecule has 8 heteroatoms. The Morgan fingerprint density at radius 3 is 2.70 bits per heavy atom. The van der Waals surface area contributed by atoms with E-state index in [0.29, 0.717) is 29.0 Å². The molecule has 4 rings (SSSR count). The number of likely N-dealkylation sites (tertiary alicyclic amines) is 1.